The number of hydrogen-bond acceptors (Lipinski definition) is 12. The average molecular weight is 1440 g/mol. The number of ether oxygens (including phenoxy) is 4. The monoisotopic (exact) mass is 1440 g/mol. The molecule has 8 atom stereocenters. The molecule has 0 spiro atoms. The molecule has 0 bridgehead atoms. The summed E-state index contributed by atoms with van der Waals surface area (Å²) in [5.74, 6) is 33.3. The zero-order chi connectivity index (χ0) is 75.4. The van der Waals surface area contributed by atoms with E-state index in [1.165, 1.54) is 0 Å². The van der Waals surface area contributed by atoms with Crippen molar-refractivity contribution in [3.63, 3.8) is 0 Å². The average Bonchev–Trinajstić information content (AvgIpc) is 0.880. The highest BCUT2D eigenvalue weighted by atomic mass is 16.6. The minimum atomic E-state index is -0.450. The van der Waals surface area contributed by atoms with E-state index in [0.717, 1.165) is 199 Å². The summed E-state index contributed by atoms with van der Waals surface area (Å²) in [6, 6.07) is -1.30. The topological polar surface area (TPSA) is 318 Å². The molecule has 2 aliphatic rings. The molecule has 24 heteroatoms. The Hall–Kier alpha value is -8.48. The Morgan fingerprint density at radius 2 is 0.612 bits per heavy atom. The standard InChI is InChI=1S/C41H68N6O6.C38H62N6O6/c1-5-9-11-12-17-25-35(8-4)33-53-41(51)45-31-23-16-14-21-29-43-39(49)47-37-27-19-18-26-36(37)46-38(48)42-28-20-13-15-22-30-44-40(50)52-32-34(7-3)24-10-6-2;1-5-8-9-10-15-22-32(7-3)30-50-38(48)42-28-21-14-12-19-26-40-36(46)44-34-24-17-16-23-33(34)43-35(45)39-25-18-11-13-20-27-41-37(47)49-29-31(4)6-2/h34-37H,6-8,10,13-16,18-24,26-33H2,1-4H3,(H,44,50)(H,45,51)(H2,42,46,48)(H2,43,47,49);31-34H,6-7,11-14,16-21,23-30H2,1-4H3,(H,41,47)(H,42,48)(H2,39,43,45)(H2,40,44,46)/t34?,35?,36-,37-;31?,32?,33-,34-/m10/s1. The van der Waals surface area contributed by atoms with Crippen LogP contribution in [0.4, 0.5) is 38.4 Å². The first-order valence-corrected chi connectivity index (χ1v) is 38.8. The van der Waals surface area contributed by atoms with Crippen molar-refractivity contribution >= 4 is 48.5 Å². The molecule has 2 aliphatic carbocycles. The van der Waals surface area contributed by atoms with Gasteiger partial charge in [0.2, 0.25) is 0 Å². The Morgan fingerprint density at radius 1 is 0.330 bits per heavy atom. The van der Waals surface area contributed by atoms with Crippen LogP contribution in [0.5, 0.6) is 0 Å². The summed E-state index contributed by atoms with van der Waals surface area (Å²) in [6.07, 6.45) is 26.9. The van der Waals surface area contributed by atoms with Crippen LogP contribution in [0.2, 0.25) is 0 Å². The molecule has 12 N–H and O–H groups in total. The first-order chi connectivity index (χ1) is 50.1. The fourth-order valence-electron chi connectivity index (χ4n) is 10.8. The van der Waals surface area contributed by atoms with Crippen molar-refractivity contribution in [2.75, 3.05) is 78.8 Å². The molecule has 0 saturated heterocycles. The first-order valence-electron chi connectivity index (χ1n) is 38.8. The van der Waals surface area contributed by atoms with Crippen molar-refractivity contribution in [2.24, 2.45) is 23.7 Å². The number of hydrogen-bond donors (Lipinski definition) is 12. The lowest BCUT2D eigenvalue weighted by Crippen LogP contribution is -2.56. The van der Waals surface area contributed by atoms with Crippen LogP contribution >= 0.6 is 0 Å². The van der Waals surface area contributed by atoms with E-state index in [-0.39, 0.29) is 85.5 Å². The SMILES string of the molecule is CC#CC#CC#CC(CC)COC(=O)NCCCCCCNC(=O)N[C@@H]1CCCC[C@H]1NC(=O)NCCCCCCNC(=O)OCC(CC)CCCC.CC#CC#CC#CC(CC)COC(=O)NCCCCCCNC(=O)N[C@H]1CCCC[C@@H]1NC(=O)NCCCCCCNC(=O)OCC(C)CC. The first kappa shape index (κ1) is 92.5. The third-order valence-electron chi connectivity index (χ3n) is 17.6. The molecule has 103 heavy (non-hydrogen) atoms. The number of alkyl carbamates (subject to hydrolysis) is 4. The lowest BCUT2D eigenvalue weighted by molar-refractivity contribution is 0.122. The predicted octanol–water partition coefficient (Wildman–Crippen LogP) is 12.3. The van der Waals surface area contributed by atoms with Gasteiger partial charge in [0.05, 0.1) is 49.2 Å². The van der Waals surface area contributed by atoms with E-state index in [9.17, 15) is 38.4 Å². The van der Waals surface area contributed by atoms with Gasteiger partial charge in [0.1, 0.15) is 13.2 Å². The normalized spacial score (nSPS) is 15.7. The molecule has 2 fully saturated rings. The number of carbonyl (C=O) groups excluding carboxylic acids is 8. The van der Waals surface area contributed by atoms with Crippen LogP contribution in [-0.4, -0.2) is 151 Å². The maximum absolute atomic E-state index is 12.6. The number of carbonyl (C=O) groups is 8. The molecule has 4 unspecified atom stereocenters. The van der Waals surface area contributed by atoms with Gasteiger partial charge in [0.25, 0.3) is 0 Å². The molecule has 12 amide bonds. The molecular formula is C79H130N12O12. The minimum absolute atomic E-state index is 0.0694. The van der Waals surface area contributed by atoms with Crippen molar-refractivity contribution in [2.45, 2.75) is 279 Å². The summed E-state index contributed by atoms with van der Waals surface area (Å²) in [7, 11) is 0. The van der Waals surface area contributed by atoms with Crippen LogP contribution in [0.1, 0.15) is 254 Å². The van der Waals surface area contributed by atoms with Gasteiger partial charge in [-0.05, 0) is 169 Å². The molecule has 0 radical (unpaired) electrons. The van der Waals surface area contributed by atoms with Gasteiger partial charge in [0.15, 0.2) is 0 Å². The van der Waals surface area contributed by atoms with Crippen molar-refractivity contribution in [3.05, 3.63) is 0 Å². The third-order valence-corrected chi connectivity index (χ3v) is 17.6. The Morgan fingerprint density at radius 3 is 0.883 bits per heavy atom. The van der Waals surface area contributed by atoms with Crippen LogP contribution < -0.4 is 63.8 Å². The molecule has 0 aromatic heterocycles. The van der Waals surface area contributed by atoms with Crippen molar-refractivity contribution in [1.82, 2.24) is 63.8 Å². The summed E-state index contributed by atoms with van der Waals surface area (Å²) in [5, 5.41) is 35.1. The molecular weight excluding hydrogens is 1310 g/mol. The van der Waals surface area contributed by atoms with Crippen LogP contribution in [0.25, 0.3) is 0 Å². The maximum Gasteiger partial charge on any atom is 0.407 e. The van der Waals surface area contributed by atoms with E-state index in [0.29, 0.717) is 77.4 Å². The summed E-state index contributed by atoms with van der Waals surface area (Å²) in [6.45, 7) is 21.6. The third kappa shape index (κ3) is 54.8. The highest BCUT2D eigenvalue weighted by Gasteiger charge is 2.29. The van der Waals surface area contributed by atoms with Crippen LogP contribution in [-0.2, 0) is 18.9 Å². The quantitative estimate of drug-likeness (QED) is 0.0154. The lowest BCUT2D eigenvalue weighted by Gasteiger charge is -2.32. The van der Waals surface area contributed by atoms with E-state index in [1.54, 1.807) is 13.8 Å². The lowest BCUT2D eigenvalue weighted by atomic mass is 9.90. The molecule has 0 aromatic rings. The van der Waals surface area contributed by atoms with Crippen molar-refractivity contribution in [1.29, 1.82) is 0 Å². The molecule has 0 heterocycles. The van der Waals surface area contributed by atoms with E-state index in [4.69, 9.17) is 18.9 Å². The van der Waals surface area contributed by atoms with Crippen molar-refractivity contribution < 1.29 is 57.3 Å². The van der Waals surface area contributed by atoms with Gasteiger partial charge in [-0.1, -0.05) is 168 Å². The van der Waals surface area contributed by atoms with Gasteiger partial charge in [-0.15, -0.1) is 0 Å². The molecule has 0 aromatic carbocycles. The number of unbranched alkanes of at least 4 members (excludes halogenated alkanes) is 13. The van der Waals surface area contributed by atoms with Gasteiger partial charge in [-0.25, -0.2) is 38.4 Å². The van der Waals surface area contributed by atoms with E-state index in [1.807, 2.05) is 20.8 Å². The highest BCUT2D eigenvalue weighted by molar-refractivity contribution is 5.77. The van der Waals surface area contributed by atoms with Gasteiger partial charge >= 0.3 is 48.5 Å². The van der Waals surface area contributed by atoms with Crippen LogP contribution in [0.15, 0.2) is 0 Å². The van der Waals surface area contributed by atoms with Gasteiger partial charge in [-0.2, -0.15) is 0 Å². The highest BCUT2D eigenvalue weighted by Crippen LogP contribution is 2.20. The smallest absolute Gasteiger partial charge is 0.407 e. The maximum atomic E-state index is 12.6. The Labute approximate surface area is 619 Å². The summed E-state index contributed by atoms with van der Waals surface area (Å²) in [4.78, 5) is 97.8. The summed E-state index contributed by atoms with van der Waals surface area (Å²) < 4.78 is 21.1. The van der Waals surface area contributed by atoms with E-state index < -0.39 is 12.2 Å². The summed E-state index contributed by atoms with van der Waals surface area (Å²) in [5.41, 5.74) is 0. The second-order valence-corrected chi connectivity index (χ2v) is 26.3. The molecule has 2 saturated carbocycles. The number of urea groups is 4. The van der Waals surface area contributed by atoms with Crippen molar-refractivity contribution in [3.8, 4) is 71.0 Å². The van der Waals surface area contributed by atoms with E-state index in [2.05, 4.69) is 156 Å². The van der Waals surface area contributed by atoms with Gasteiger partial charge in [-0.3, -0.25) is 0 Å². The van der Waals surface area contributed by atoms with Crippen LogP contribution in [0.3, 0.4) is 0 Å². The fraction of sp³-hybridized carbons (Fsp3) is 0.747. The minimum Gasteiger partial charge on any atom is -0.449 e. The van der Waals surface area contributed by atoms with Gasteiger partial charge in [0, 0.05) is 52.4 Å². The van der Waals surface area contributed by atoms with Gasteiger partial charge < -0.3 is 82.7 Å². The number of amides is 12. The second-order valence-electron chi connectivity index (χ2n) is 26.3. The molecule has 24 nitrogen and oxygen atoms in total. The Balaban J connectivity index is 0.00000103. The Kier molecular flexibility index (Phi) is 58.9. The second kappa shape index (κ2) is 65.5. The molecule has 578 valence electrons. The van der Waals surface area contributed by atoms with Crippen LogP contribution in [0, 0.1) is 94.7 Å². The zero-order valence-electron chi connectivity index (χ0n) is 63.9. The number of nitrogens with one attached hydrogen (secondary N) is 12. The summed E-state index contributed by atoms with van der Waals surface area (Å²) >= 11 is 0. The van der Waals surface area contributed by atoms with E-state index >= 15 is 0 Å². The molecule has 2 rings (SSSR count). The number of rotatable bonds is 47. The fourth-order valence-corrected chi connectivity index (χ4v) is 10.8. The largest absolute Gasteiger partial charge is 0.449 e. The predicted molar refractivity (Wildman–Crippen MR) is 408 cm³/mol. The zero-order valence-corrected chi connectivity index (χ0v) is 63.9. The molecule has 0 aliphatic heterocycles. The Bertz CT molecular complexity index is 2770.